The van der Waals surface area contributed by atoms with Crippen LogP contribution >= 0.6 is 0 Å². The smallest absolute Gasteiger partial charge is 0.264 e. The summed E-state index contributed by atoms with van der Waals surface area (Å²) in [6.07, 6.45) is 21.0. The van der Waals surface area contributed by atoms with Crippen molar-refractivity contribution in [2.24, 2.45) is 37.4 Å². The standard InChI is InChI=1S/3C25H22FN7O3S/c1-31-23(15-28-30-31)37(35,36)32-11-9-18-12-22-17(14-29-33(22)20-7-5-19(26)6-8-20)13-25(18,16-32)24(34)21-4-2-3-10-27-21;1-31-28-15-23(30-31)37(35,36)32-11-9-18-12-22-17(14-29-33(22)20-7-5-19(26)6-8-20)13-25(18,16-32)24(34)21-4-2-3-10-27-21;1-31-15-23(29-30-31)37(35,36)32-11-9-18-12-22-17(14-28-33(22)20-7-5-19(26)6-8-20)13-25(18,16-32)24(34)21-4-2-3-10-27-21/h3*2-8,10,12,14-15H,9,11,13,16H2,1H3/t3*25-/m000/s1. The number of halogens is 3. The van der Waals surface area contributed by atoms with Gasteiger partial charge in [0.2, 0.25) is 10.1 Å². The minimum atomic E-state index is -3.98. The summed E-state index contributed by atoms with van der Waals surface area (Å²) in [5.41, 5.74) is 6.54. The fourth-order valence-corrected chi connectivity index (χ4v) is 19.8. The molecular formula is C75H66F3N21O9S3. The zero-order valence-corrected chi connectivity index (χ0v) is 61.9. The van der Waals surface area contributed by atoms with E-state index < -0.39 is 46.3 Å². The molecule has 3 saturated heterocycles. The lowest BCUT2D eigenvalue weighted by molar-refractivity contribution is 0.0763. The van der Waals surface area contributed by atoms with Crippen molar-refractivity contribution >= 4 is 65.6 Å². The zero-order chi connectivity index (χ0) is 77.4. The van der Waals surface area contributed by atoms with Gasteiger partial charge in [-0.25, -0.2) is 57.2 Å². The highest BCUT2D eigenvalue weighted by Crippen LogP contribution is 2.51. The Hall–Kier alpha value is -12.1. The second-order valence-electron chi connectivity index (χ2n) is 27.6. The molecule has 9 aromatic heterocycles. The van der Waals surface area contributed by atoms with Gasteiger partial charge in [-0.3, -0.25) is 34.0 Å². The number of piperidine rings is 3. The summed E-state index contributed by atoms with van der Waals surface area (Å²) >= 11 is 0. The third kappa shape index (κ3) is 13.1. The van der Waals surface area contributed by atoms with Gasteiger partial charge in [0.25, 0.3) is 30.1 Å². The predicted molar refractivity (Wildman–Crippen MR) is 392 cm³/mol. The van der Waals surface area contributed by atoms with Gasteiger partial charge in [-0.2, -0.15) is 38.1 Å². The van der Waals surface area contributed by atoms with Crippen LogP contribution < -0.4 is 0 Å². The lowest BCUT2D eigenvalue weighted by Crippen LogP contribution is -2.53. The van der Waals surface area contributed by atoms with Gasteiger partial charge in [0.15, 0.2) is 22.4 Å². The molecule has 0 spiro atoms. The number of hydrogen-bond donors (Lipinski definition) is 0. The van der Waals surface area contributed by atoms with E-state index in [0.29, 0.717) is 36.3 Å². The van der Waals surface area contributed by atoms with E-state index in [4.69, 9.17) is 0 Å². The molecule has 0 radical (unpaired) electrons. The summed E-state index contributed by atoms with van der Waals surface area (Å²) in [5.74, 6) is -1.79. The van der Waals surface area contributed by atoms with Crippen LogP contribution in [-0.2, 0) is 70.5 Å². The topological polar surface area (TPSA) is 348 Å². The number of nitrogens with zero attached hydrogens (tertiary/aromatic N) is 21. The van der Waals surface area contributed by atoms with Crippen molar-refractivity contribution in [3.05, 3.63) is 268 Å². The van der Waals surface area contributed by atoms with E-state index in [0.717, 1.165) is 50.5 Å². The molecule has 0 bridgehead atoms. The number of benzene rings is 3. The van der Waals surface area contributed by atoms with Crippen LogP contribution in [0.1, 0.15) is 84.5 Å². The number of rotatable bonds is 15. The average Bonchev–Trinajstić information content (AvgIpc) is 1.64. The van der Waals surface area contributed by atoms with E-state index in [9.17, 15) is 52.8 Å². The summed E-state index contributed by atoms with van der Waals surface area (Å²) < 4.78 is 133. The normalized spacial score (nSPS) is 19.7. The maximum Gasteiger partial charge on any atom is 0.264 e. The van der Waals surface area contributed by atoms with Crippen molar-refractivity contribution in [3.63, 3.8) is 0 Å². The number of Topliss-reactive ketones (excluding diaryl/α,β-unsaturated/α-hetero) is 3. The molecule has 18 rings (SSSR count). The molecule has 0 saturated carbocycles. The summed E-state index contributed by atoms with van der Waals surface area (Å²) in [6, 6.07) is 33.3. The number of carbonyl (C=O) groups excluding carboxylic acids is 3. The third-order valence-corrected chi connectivity index (χ3v) is 26.3. The van der Waals surface area contributed by atoms with Gasteiger partial charge >= 0.3 is 0 Å². The van der Waals surface area contributed by atoms with Crippen LogP contribution in [0.2, 0.25) is 0 Å². The SMILES string of the molecule is Cn1cc(S(=O)(=O)N2CCC3=Cc4c(cnn4-c4ccc(F)cc4)C[C@]3(C(=O)c3ccccn3)C2)nn1.Cn1ncc(S(=O)(=O)N2CCC3=Cc4c(cnn4-c4ccc(F)cc4)C[C@]3(C(=O)c3ccccn3)C2)n1.Cn1nncc1S(=O)(=O)N1CCC2=Cc3c(cnn3-c3ccc(F)cc3)C[C@]2(C(=O)c2ccccn2)C1. The lowest BCUT2D eigenvalue weighted by Gasteiger charge is -2.44. The molecule has 3 aromatic carbocycles. The first-order chi connectivity index (χ1) is 53.3. The van der Waals surface area contributed by atoms with Gasteiger partial charge in [-0.1, -0.05) is 45.3 Å². The van der Waals surface area contributed by atoms with E-state index >= 15 is 0 Å². The number of sulfonamides is 3. The van der Waals surface area contributed by atoms with Crippen LogP contribution in [0, 0.1) is 33.7 Å². The molecule has 12 heterocycles. The van der Waals surface area contributed by atoms with Gasteiger partial charge in [-0.15, -0.1) is 15.3 Å². The summed E-state index contributed by atoms with van der Waals surface area (Å²) in [6.45, 7) is 0.381. The number of ketones is 3. The quantitative estimate of drug-likeness (QED) is 0.0907. The second kappa shape index (κ2) is 28.4. The first kappa shape index (κ1) is 73.1. The fraction of sp³-hybridized carbons (Fsp3) is 0.240. The van der Waals surface area contributed by atoms with Crippen molar-refractivity contribution in [2.45, 2.75) is 53.6 Å². The maximum absolute atomic E-state index is 14.1. The Bertz CT molecular complexity index is 5860. The number of hydrogen-bond acceptors (Lipinski definition) is 21. The first-order valence-corrected chi connectivity index (χ1v) is 39.2. The molecule has 3 aliphatic carbocycles. The van der Waals surface area contributed by atoms with Gasteiger partial charge in [0.05, 0.1) is 87.6 Å². The molecule has 12 aromatic rings. The first-order valence-electron chi connectivity index (χ1n) is 34.9. The van der Waals surface area contributed by atoms with Crippen LogP contribution in [0.25, 0.3) is 35.3 Å². The monoisotopic (exact) mass is 1560 g/mol. The van der Waals surface area contributed by atoms with Gasteiger partial charge in [0.1, 0.15) is 34.5 Å². The highest BCUT2D eigenvalue weighted by atomic mass is 32.2. The highest BCUT2D eigenvalue weighted by molar-refractivity contribution is 7.89. The Balaban J connectivity index is 0.000000126. The average molecular weight is 1560 g/mol. The van der Waals surface area contributed by atoms with Crippen molar-refractivity contribution < 1.29 is 52.8 Å². The summed E-state index contributed by atoms with van der Waals surface area (Å²) in [7, 11) is -7.27. The van der Waals surface area contributed by atoms with E-state index in [-0.39, 0.29) is 125 Å². The summed E-state index contributed by atoms with van der Waals surface area (Å²) in [5, 5.41) is 36.1. The Morgan fingerprint density at radius 2 is 0.793 bits per heavy atom. The van der Waals surface area contributed by atoms with Gasteiger partial charge in [0, 0.05) is 79.0 Å². The van der Waals surface area contributed by atoms with E-state index in [2.05, 4.69) is 61.1 Å². The molecule has 564 valence electrons. The van der Waals surface area contributed by atoms with Crippen LogP contribution in [0.15, 0.2) is 215 Å². The molecule has 0 unspecified atom stereocenters. The maximum atomic E-state index is 14.1. The second-order valence-corrected chi connectivity index (χ2v) is 33.3. The largest absolute Gasteiger partial charge is 0.291 e. The minimum absolute atomic E-state index is 0.0407. The van der Waals surface area contributed by atoms with Gasteiger partial charge in [-0.05, 0) is 183 Å². The van der Waals surface area contributed by atoms with Crippen LogP contribution in [0.5, 0.6) is 0 Å². The Labute approximate surface area is 632 Å². The van der Waals surface area contributed by atoms with Crippen LogP contribution in [0.4, 0.5) is 13.2 Å². The number of pyridine rings is 3. The van der Waals surface area contributed by atoms with Gasteiger partial charge < -0.3 is 0 Å². The van der Waals surface area contributed by atoms with E-state index in [1.807, 2.05) is 18.2 Å². The Morgan fingerprint density at radius 1 is 0.423 bits per heavy atom. The molecule has 6 aliphatic rings. The molecule has 3 fully saturated rings. The molecule has 3 atom stereocenters. The number of aromatic nitrogens is 18. The fourth-order valence-electron chi connectivity index (χ4n) is 15.5. The Kier molecular flexibility index (Phi) is 18.7. The van der Waals surface area contributed by atoms with Crippen LogP contribution in [0.3, 0.4) is 0 Å². The third-order valence-electron chi connectivity index (χ3n) is 21.0. The van der Waals surface area contributed by atoms with Crippen molar-refractivity contribution in [1.29, 1.82) is 0 Å². The highest BCUT2D eigenvalue weighted by Gasteiger charge is 2.55. The molecular weight excluding hydrogens is 1490 g/mol. The predicted octanol–water partition coefficient (Wildman–Crippen LogP) is 7.31. The lowest BCUT2D eigenvalue weighted by atomic mass is 9.65. The molecule has 30 nitrogen and oxygen atoms in total. The van der Waals surface area contributed by atoms with E-state index in [1.54, 1.807) is 156 Å². The zero-order valence-electron chi connectivity index (χ0n) is 59.5. The molecule has 0 N–H and O–H groups in total. The summed E-state index contributed by atoms with van der Waals surface area (Å²) in [4.78, 5) is 56.2. The number of aryl methyl sites for hydroxylation is 3. The minimum Gasteiger partial charge on any atom is -0.291 e. The Morgan fingerprint density at radius 3 is 1.11 bits per heavy atom. The molecule has 3 aliphatic heterocycles. The number of fused-ring (bicyclic) bond motifs is 6. The molecule has 0 amide bonds. The molecule has 36 heteroatoms. The van der Waals surface area contributed by atoms with Crippen molar-refractivity contribution in [2.75, 3.05) is 39.3 Å². The molecule has 111 heavy (non-hydrogen) atoms. The number of carbonyl (C=O) groups is 3. The van der Waals surface area contributed by atoms with E-state index in [1.165, 1.54) is 89.1 Å². The van der Waals surface area contributed by atoms with Crippen molar-refractivity contribution in [1.82, 2.24) is 102 Å². The van der Waals surface area contributed by atoms with Crippen molar-refractivity contribution in [3.8, 4) is 17.1 Å². The van der Waals surface area contributed by atoms with Crippen LogP contribution in [-0.4, -0.2) is 184 Å².